The van der Waals surface area contributed by atoms with Crippen molar-refractivity contribution in [3.8, 4) is 0 Å². The Morgan fingerprint density at radius 2 is 2.00 bits per heavy atom. The van der Waals surface area contributed by atoms with Crippen molar-refractivity contribution in [3.63, 3.8) is 0 Å². The third-order valence-corrected chi connectivity index (χ3v) is 3.38. The molecule has 1 rings (SSSR count). The van der Waals surface area contributed by atoms with E-state index < -0.39 is 0 Å². The minimum Gasteiger partial charge on any atom is -0.295 e. The highest BCUT2D eigenvalue weighted by molar-refractivity contribution is 5.91. The van der Waals surface area contributed by atoms with Crippen LogP contribution in [-0.2, 0) is 4.79 Å². The summed E-state index contributed by atoms with van der Waals surface area (Å²) in [5.41, 5.74) is 0. The van der Waals surface area contributed by atoms with Gasteiger partial charge in [-0.3, -0.25) is 4.79 Å². The van der Waals surface area contributed by atoms with E-state index in [1.54, 1.807) is 6.08 Å². The summed E-state index contributed by atoms with van der Waals surface area (Å²) in [7, 11) is 0. The van der Waals surface area contributed by atoms with Crippen LogP contribution < -0.4 is 0 Å². The third kappa shape index (κ3) is 3.81. The monoisotopic (exact) mass is 208 g/mol. The molecule has 0 saturated heterocycles. The van der Waals surface area contributed by atoms with E-state index in [-0.39, 0.29) is 0 Å². The van der Waals surface area contributed by atoms with Gasteiger partial charge in [0, 0.05) is 5.92 Å². The first-order valence-corrected chi connectivity index (χ1v) is 6.31. The molecule has 1 nitrogen and oxygen atoms in total. The van der Waals surface area contributed by atoms with Crippen molar-refractivity contribution in [3.05, 3.63) is 12.2 Å². The van der Waals surface area contributed by atoms with Crippen LogP contribution in [0.5, 0.6) is 0 Å². The van der Waals surface area contributed by atoms with Crippen molar-refractivity contribution in [2.24, 2.45) is 17.8 Å². The van der Waals surface area contributed by atoms with Crippen molar-refractivity contribution in [1.29, 1.82) is 0 Å². The molecule has 0 spiro atoms. The van der Waals surface area contributed by atoms with Crippen LogP contribution in [0.25, 0.3) is 0 Å². The van der Waals surface area contributed by atoms with Crippen molar-refractivity contribution in [1.82, 2.24) is 0 Å². The largest absolute Gasteiger partial charge is 0.295 e. The SMILES string of the molecule is C/C=C/C(=O)C1CCCCC1CC(C)C. The van der Waals surface area contributed by atoms with E-state index in [4.69, 9.17) is 0 Å². The maximum atomic E-state index is 11.9. The Morgan fingerprint density at radius 1 is 1.33 bits per heavy atom. The molecule has 15 heavy (non-hydrogen) atoms. The van der Waals surface area contributed by atoms with E-state index in [0.717, 1.165) is 6.42 Å². The lowest BCUT2D eigenvalue weighted by Gasteiger charge is -2.31. The quantitative estimate of drug-likeness (QED) is 0.639. The first kappa shape index (κ1) is 12.5. The van der Waals surface area contributed by atoms with Gasteiger partial charge in [0.15, 0.2) is 5.78 Å². The fourth-order valence-electron chi connectivity index (χ4n) is 2.76. The lowest BCUT2D eigenvalue weighted by molar-refractivity contribution is -0.121. The van der Waals surface area contributed by atoms with Crippen molar-refractivity contribution in [2.75, 3.05) is 0 Å². The van der Waals surface area contributed by atoms with E-state index >= 15 is 0 Å². The van der Waals surface area contributed by atoms with Gasteiger partial charge in [-0.15, -0.1) is 0 Å². The normalized spacial score (nSPS) is 27.5. The minimum atomic E-state index is 0.317. The summed E-state index contributed by atoms with van der Waals surface area (Å²) < 4.78 is 0. The lowest BCUT2D eigenvalue weighted by Crippen LogP contribution is -2.27. The molecule has 0 aromatic carbocycles. The van der Waals surface area contributed by atoms with Crippen molar-refractivity contribution in [2.45, 2.75) is 52.9 Å². The molecular formula is C14H24O. The molecule has 2 unspecified atom stereocenters. The molecule has 2 atom stereocenters. The second-order valence-electron chi connectivity index (χ2n) is 5.18. The van der Waals surface area contributed by atoms with Gasteiger partial charge in [0.2, 0.25) is 0 Å². The molecule has 0 N–H and O–H groups in total. The second-order valence-corrected chi connectivity index (χ2v) is 5.18. The predicted molar refractivity (Wildman–Crippen MR) is 64.7 cm³/mol. The van der Waals surface area contributed by atoms with Crippen LogP contribution in [0.1, 0.15) is 52.9 Å². The van der Waals surface area contributed by atoms with Gasteiger partial charge < -0.3 is 0 Å². The zero-order valence-corrected chi connectivity index (χ0v) is 10.3. The summed E-state index contributed by atoms with van der Waals surface area (Å²) in [6, 6.07) is 0. The minimum absolute atomic E-state index is 0.317. The number of rotatable bonds is 4. The second kappa shape index (κ2) is 6.09. The topological polar surface area (TPSA) is 17.1 Å². The fraction of sp³-hybridized carbons (Fsp3) is 0.786. The Balaban J connectivity index is 2.60. The van der Waals surface area contributed by atoms with E-state index in [9.17, 15) is 4.79 Å². The van der Waals surface area contributed by atoms with Gasteiger partial charge in [0.25, 0.3) is 0 Å². The molecule has 0 heterocycles. The van der Waals surface area contributed by atoms with Gasteiger partial charge in [-0.25, -0.2) is 0 Å². The molecule has 1 aliphatic carbocycles. The van der Waals surface area contributed by atoms with Crippen LogP contribution in [0, 0.1) is 17.8 Å². The zero-order valence-electron chi connectivity index (χ0n) is 10.3. The van der Waals surface area contributed by atoms with Crippen molar-refractivity contribution < 1.29 is 4.79 Å². The molecule has 1 aliphatic rings. The molecule has 0 bridgehead atoms. The highest BCUT2D eigenvalue weighted by Gasteiger charge is 2.29. The number of carbonyl (C=O) groups excluding carboxylic acids is 1. The van der Waals surface area contributed by atoms with E-state index in [0.29, 0.717) is 23.5 Å². The number of allylic oxidation sites excluding steroid dienone is 2. The van der Waals surface area contributed by atoms with Gasteiger partial charge in [-0.2, -0.15) is 0 Å². The van der Waals surface area contributed by atoms with Crippen LogP contribution in [0.2, 0.25) is 0 Å². The van der Waals surface area contributed by atoms with E-state index in [1.165, 1.54) is 25.7 Å². The van der Waals surface area contributed by atoms with Crippen LogP contribution in [0.15, 0.2) is 12.2 Å². The number of carbonyl (C=O) groups is 1. The Bertz CT molecular complexity index is 227. The molecular weight excluding hydrogens is 184 g/mol. The summed E-state index contributed by atoms with van der Waals surface area (Å²) in [4.78, 5) is 11.9. The zero-order chi connectivity index (χ0) is 11.3. The Hall–Kier alpha value is -0.590. The van der Waals surface area contributed by atoms with Gasteiger partial charge in [0.05, 0.1) is 0 Å². The van der Waals surface area contributed by atoms with Gasteiger partial charge in [0.1, 0.15) is 0 Å². The molecule has 1 heteroatoms. The smallest absolute Gasteiger partial charge is 0.158 e. The van der Waals surface area contributed by atoms with E-state index in [1.807, 2.05) is 13.0 Å². The summed E-state index contributed by atoms with van der Waals surface area (Å²) in [5, 5.41) is 0. The Labute approximate surface area is 93.9 Å². The summed E-state index contributed by atoms with van der Waals surface area (Å²) in [6.07, 6.45) is 9.78. The average Bonchev–Trinajstić information content (AvgIpc) is 2.18. The standard InChI is InChI=1S/C14H24O/c1-4-7-14(15)13-9-6-5-8-12(13)10-11(2)3/h4,7,11-13H,5-6,8-10H2,1-3H3/b7-4+. The van der Waals surface area contributed by atoms with Crippen LogP contribution in [0.4, 0.5) is 0 Å². The maximum absolute atomic E-state index is 11.9. The average molecular weight is 208 g/mol. The number of ketones is 1. The van der Waals surface area contributed by atoms with E-state index in [2.05, 4.69) is 13.8 Å². The summed E-state index contributed by atoms with van der Waals surface area (Å²) >= 11 is 0. The Kier molecular flexibility index (Phi) is 5.07. The predicted octanol–water partition coefficient (Wildman–Crippen LogP) is 3.98. The van der Waals surface area contributed by atoms with Gasteiger partial charge in [-0.05, 0) is 44.1 Å². The maximum Gasteiger partial charge on any atom is 0.158 e. The van der Waals surface area contributed by atoms with Gasteiger partial charge in [-0.1, -0.05) is 32.8 Å². The number of hydrogen-bond acceptors (Lipinski definition) is 1. The molecule has 1 saturated carbocycles. The number of hydrogen-bond donors (Lipinski definition) is 0. The molecule has 0 radical (unpaired) electrons. The lowest BCUT2D eigenvalue weighted by atomic mass is 9.73. The van der Waals surface area contributed by atoms with Crippen LogP contribution in [0.3, 0.4) is 0 Å². The summed E-state index contributed by atoms with van der Waals surface area (Å²) in [6.45, 7) is 6.44. The molecule has 0 aromatic rings. The van der Waals surface area contributed by atoms with Gasteiger partial charge >= 0.3 is 0 Å². The first-order chi connectivity index (χ1) is 7.15. The summed E-state index contributed by atoms with van der Waals surface area (Å²) in [5.74, 6) is 2.04. The Morgan fingerprint density at radius 3 is 2.60 bits per heavy atom. The first-order valence-electron chi connectivity index (χ1n) is 6.31. The molecule has 86 valence electrons. The molecule has 0 amide bonds. The third-order valence-electron chi connectivity index (χ3n) is 3.38. The highest BCUT2D eigenvalue weighted by Crippen LogP contribution is 2.35. The molecule has 1 fully saturated rings. The fourth-order valence-corrected chi connectivity index (χ4v) is 2.76. The molecule has 0 aromatic heterocycles. The van der Waals surface area contributed by atoms with Crippen molar-refractivity contribution >= 4 is 5.78 Å². The van der Waals surface area contributed by atoms with Crippen LogP contribution in [-0.4, -0.2) is 5.78 Å². The molecule has 0 aliphatic heterocycles. The highest BCUT2D eigenvalue weighted by atomic mass is 16.1. The van der Waals surface area contributed by atoms with Crippen LogP contribution >= 0.6 is 0 Å².